The molecule has 158 valence electrons. The van der Waals surface area contributed by atoms with Gasteiger partial charge in [0.05, 0.1) is 17.6 Å². The molecule has 2 N–H and O–H groups in total. The van der Waals surface area contributed by atoms with E-state index in [0.717, 1.165) is 44.7 Å². The van der Waals surface area contributed by atoms with Crippen LogP contribution in [0, 0.1) is 0 Å². The standard InChI is InChI=1S/C24H23BrN4OS/c1-2-3-15-30-19-8-6-7-18(16-19)26-23-24(28-22-10-5-4-9-21(22)27-23)29-31-20-13-11-17(25)12-14-20/h4-14,16H,2-3,15H2,1H3,(H,26,27)(H,28,29). The van der Waals surface area contributed by atoms with E-state index in [1.54, 1.807) is 0 Å². The van der Waals surface area contributed by atoms with Gasteiger partial charge in [0, 0.05) is 21.1 Å². The highest BCUT2D eigenvalue weighted by molar-refractivity contribution is 9.10. The molecule has 31 heavy (non-hydrogen) atoms. The average molecular weight is 495 g/mol. The summed E-state index contributed by atoms with van der Waals surface area (Å²) >= 11 is 4.96. The molecule has 0 saturated carbocycles. The molecule has 0 aliphatic carbocycles. The fraction of sp³-hybridized carbons (Fsp3) is 0.167. The lowest BCUT2D eigenvalue weighted by Gasteiger charge is -2.14. The Morgan fingerprint density at radius 3 is 2.39 bits per heavy atom. The van der Waals surface area contributed by atoms with Gasteiger partial charge >= 0.3 is 0 Å². The number of aromatic nitrogens is 2. The number of halogens is 1. The van der Waals surface area contributed by atoms with Crippen LogP contribution in [0.3, 0.4) is 0 Å². The monoisotopic (exact) mass is 494 g/mol. The van der Waals surface area contributed by atoms with Crippen molar-refractivity contribution < 1.29 is 4.74 Å². The van der Waals surface area contributed by atoms with Gasteiger partial charge in [0.15, 0.2) is 11.6 Å². The van der Waals surface area contributed by atoms with E-state index < -0.39 is 0 Å². The van der Waals surface area contributed by atoms with E-state index in [1.807, 2.05) is 72.8 Å². The molecule has 3 aromatic carbocycles. The fourth-order valence-electron chi connectivity index (χ4n) is 2.90. The van der Waals surface area contributed by atoms with Gasteiger partial charge in [-0.25, -0.2) is 9.97 Å². The second-order valence-electron chi connectivity index (χ2n) is 6.92. The van der Waals surface area contributed by atoms with Crippen LogP contribution in [0.4, 0.5) is 17.3 Å². The Labute approximate surface area is 194 Å². The molecule has 0 unspecified atom stereocenters. The molecule has 0 atom stereocenters. The molecule has 0 amide bonds. The molecule has 4 rings (SSSR count). The number of anilines is 3. The van der Waals surface area contributed by atoms with Gasteiger partial charge in [-0.3, -0.25) is 0 Å². The quantitative estimate of drug-likeness (QED) is 0.186. The highest BCUT2D eigenvalue weighted by atomic mass is 79.9. The molecule has 7 heteroatoms. The number of para-hydroxylation sites is 2. The minimum Gasteiger partial charge on any atom is -0.494 e. The molecule has 4 aromatic rings. The number of rotatable bonds is 9. The first-order valence-electron chi connectivity index (χ1n) is 10.2. The summed E-state index contributed by atoms with van der Waals surface area (Å²) < 4.78 is 10.2. The molecule has 0 fully saturated rings. The Bertz CT molecular complexity index is 1150. The first-order valence-corrected chi connectivity index (χ1v) is 11.8. The van der Waals surface area contributed by atoms with Crippen LogP contribution < -0.4 is 14.8 Å². The number of hydrogen-bond acceptors (Lipinski definition) is 6. The van der Waals surface area contributed by atoms with E-state index in [4.69, 9.17) is 14.7 Å². The Hall–Kier alpha value is -2.77. The van der Waals surface area contributed by atoms with Gasteiger partial charge in [-0.1, -0.05) is 47.5 Å². The Balaban J connectivity index is 1.58. The molecule has 1 aromatic heterocycles. The average Bonchev–Trinajstić information content (AvgIpc) is 2.79. The molecule has 0 saturated heterocycles. The molecule has 0 radical (unpaired) electrons. The highest BCUT2D eigenvalue weighted by Gasteiger charge is 2.10. The third-order valence-corrected chi connectivity index (χ3v) is 5.85. The van der Waals surface area contributed by atoms with Crippen molar-refractivity contribution in [2.45, 2.75) is 24.7 Å². The summed E-state index contributed by atoms with van der Waals surface area (Å²) in [6.45, 7) is 2.87. The number of fused-ring (bicyclic) bond motifs is 1. The summed E-state index contributed by atoms with van der Waals surface area (Å²) in [4.78, 5) is 10.7. The number of nitrogens with one attached hydrogen (secondary N) is 2. The fourth-order valence-corrected chi connectivity index (χ4v) is 3.80. The number of ether oxygens (including phenoxy) is 1. The van der Waals surface area contributed by atoms with Crippen LogP contribution in [0.2, 0.25) is 0 Å². The second kappa shape index (κ2) is 10.5. The van der Waals surface area contributed by atoms with E-state index in [9.17, 15) is 0 Å². The normalized spacial score (nSPS) is 10.8. The largest absolute Gasteiger partial charge is 0.494 e. The zero-order valence-corrected chi connectivity index (χ0v) is 19.5. The van der Waals surface area contributed by atoms with E-state index in [-0.39, 0.29) is 0 Å². The minimum atomic E-state index is 0.661. The van der Waals surface area contributed by atoms with Crippen molar-refractivity contribution in [3.05, 3.63) is 77.3 Å². The molecule has 0 spiro atoms. The van der Waals surface area contributed by atoms with Gasteiger partial charge in [0.2, 0.25) is 0 Å². The van der Waals surface area contributed by atoms with Crippen molar-refractivity contribution in [2.24, 2.45) is 0 Å². The van der Waals surface area contributed by atoms with Gasteiger partial charge in [-0.2, -0.15) is 0 Å². The maximum atomic E-state index is 5.84. The molecule has 5 nitrogen and oxygen atoms in total. The summed E-state index contributed by atoms with van der Waals surface area (Å²) in [5.41, 5.74) is 2.57. The van der Waals surface area contributed by atoms with Gasteiger partial charge in [0.1, 0.15) is 5.75 Å². The van der Waals surface area contributed by atoms with E-state index in [1.165, 1.54) is 11.9 Å². The number of benzene rings is 3. The lowest BCUT2D eigenvalue weighted by atomic mass is 10.3. The maximum Gasteiger partial charge on any atom is 0.180 e. The van der Waals surface area contributed by atoms with E-state index in [2.05, 4.69) is 32.9 Å². The molecule has 0 aliphatic rings. The van der Waals surface area contributed by atoms with Crippen LogP contribution in [-0.4, -0.2) is 16.6 Å². The summed E-state index contributed by atoms with van der Waals surface area (Å²) in [5, 5.41) is 3.40. The summed E-state index contributed by atoms with van der Waals surface area (Å²) in [6, 6.07) is 23.9. The molecule has 1 heterocycles. The second-order valence-corrected chi connectivity index (χ2v) is 8.72. The maximum absolute atomic E-state index is 5.84. The summed E-state index contributed by atoms with van der Waals surface area (Å²) in [5.74, 6) is 2.17. The van der Waals surface area contributed by atoms with Gasteiger partial charge in [-0.15, -0.1) is 0 Å². The van der Waals surface area contributed by atoms with E-state index >= 15 is 0 Å². The van der Waals surface area contributed by atoms with Crippen molar-refractivity contribution in [3.63, 3.8) is 0 Å². The summed E-state index contributed by atoms with van der Waals surface area (Å²) in [6.07, 6.45) is 2.14. The van der Waals surface area contributed by atoms with Crippen molar-refractivity contribution in [2.75, 3.05) is 16.6 Å². The van der Waals surface area contributed by atoms with Crippen LogP contribution in [0.5, 0.6) is 5.75 Å². The summed E-state index contributed by atoms with van der Waals surface area (Å²) in [7, 11) is 0. The molecular weight excluding hydrogens is 472 g/mol. The first kappa shape index (κ1) is 21.5. The smallest absolute Gasteiger partial charge is 0.180 e. The lowest BCUT2D eigenvalue weighted by Crippen LogP contribution is -2.03. The Kier molecular flexibility index (Phi) is 7.27. The zero-order valence-electron chi connectivity index (χ0n) is 17.1. The number of unbranched alkanes of at least 4 members (excludes halogenated alkanes) is 1. The van der Waals surface area contributed by atoms with Crippen LogP contribution in [0.1, 0.15) is 19.8 Å². The third-order valence-electron chi connectivity index (χ3n) is 4.51. The van der Waals surface area contributed by atoms with Gasteiger partial charge in [0.25, 0.3) is 0 Å². The number of nitrogens with zero attached hydrogens (tertiary/aromatic N) is 2. The minimum absolute atomic E-state index is 0.661. The van der Waals surface area contributed by atoms with Crippen LogP contribution in [-0.2, 0) is 0 Å². The predicted molar refractivity (Wildman–Crippen MR) is 133 cm³/mol. The van der Waals surface area contributed by atoms with Crippen LogP contribution in [0.15, 0.2) is 82.2 Å². The third kappa shape index (κ3) is 5.89. The van der Waals surface area contributed by atoms with Gasteiger partial charge in [-0.05, 0) is 66.9 Å². The predicted octanol–water partition coefficient (Wildman–Crippen LogP) is 7.43. The molecular formula is C24H23BrN4OS. The van der Waals surface area contributed by atoms with Crippen molar-refractivity contribution in [1.82, 2.24) is 9.97 Å². The Morgan fingerprint density at radius 1 is 0.903 bits per heavy atom. The zero-order chi connectivity index (χ0) is 21.5. The Morgan fingerprint density at radius 2 is 1.65 bits per heavy atom. The number of hydrogen-bond donors (Lipinski definition) is 2. The van der Waals surface area contributed by atoms with Crippen LogP contribution in [0.25, 0.3) is 11.0 Å². The van der Waals surface area contributed by atoms with Gasteiger partial charge < -0.3 is 14.8 Å². The topological polar surface area (TPSA) is 59.1 Å². The van der Waals surface area contributed by atoms with Crippen molar-refractivity contribution >= 4 is 56.2 Å². The van der Waals surface area contributed by atoms with Crippen molar-refractivity contribution in [1.29, 1.82) is 0 Å². The first-order chi connectivity index (χ1) is 15.2. The van der Waals surface area contributed by atoms with Crippen molar-refractivity contribution in [3.8, 4) is 5.75 Å². The lowest BCUT2D eigenvalue weighted by molar-refractivity contribution is 0.309. The highest BCUT2D eigenvalue weighted by Crippen LogP contribution is 2.30. The van der Waals surface area contributed by atoms with E-state index in [0.29, 0.717) is 18.2 Å². The molecule has 0 bridgehead atoms. The SMILES string of the molecule is CCCCOc1cccc(Nc2nc3ccccc3nc2NSc2ccc(Br)cc2)c1. The molecule has 0 aliphatic heterocycles. The van der Waals surface area contributed by atoms with Crippen LogP contribution >= 0.6 is 27.9 Å².